The van der Waals surface area contributed by atoms with Crippen LogP contribution >= 0.6 is 0 Å². The molecule has 0 radical (unpaired) electrons. The van der Waals surface area contributed by atoms with Crippen molar-refractivity contribution in [2.75, 3.05) is 19.7 Å². The lowest BCUT2D eigenvalue weighted by atomic mass is 10.0. The number of nitrogens with one attached hydrogen (secondary N) is 1. The summed E-state index contributed by atoms with van der Waals surface area (Å²) in [5.74, 6) is -0.0910. The van der Waals surface area contributed by atoms with Crippen molar-refractivity contribution in [3.8, 4) is 0 Å². The molecule has 0 saturated carbocycles. The first kappa shape index (κ1) is 14.8. The number of carbonyl (C=O) groups is 1. The number of pyridine rings is 1. The molecule has 5 heteroatoms. The van der Waals surface area contributed by atoms with Gasteiger partial charge in [-0.25, -0.2) is 0 Å². The highest BCUT2D eigenvalue weighted by Crippen LogP contribution is 2.20. The number of rotatable bonds is 3. The number of para-hydroxylation sites is 1. The van der Waals surface area contributed by atoms with Crippen molar-refractivity contribution in [3.63, 3.8) is 0 Å². The first-order valence-corrected chi connectivity index (χ1v) is 7.72. The fraction of sp³-hybridized carbons (Fsp3) is 0.412. The molecule has 1 saturated heterocycles. The molecule has 0 bridgehead atoms. The predicted octanol–water partition coefficient (Wildman–Crippen LogP) is 2.17. The highest BCUT2D eigenvalue weighted by Gasteiger charge is 2.26. The molecule has 116 valence electrons. The highest BCUT2D eigenvalue weighted by atomic mass is 16.5. The maximum absolute atomic E-state index is 12.8. The second-order valence-corrected chi connectivity index (χ2v) is 5.56. The Balaban J connectivity index is 1.93. The van der Waals surface area contributed by atoms with E-state index in [9.17, 15) is 9.59 Å². The maximum Gasteiger partial charge on any atom is 0.254 e. The molecule has 1 aromatic carbocycles. The van der Waals surface area contributed by atoms with Gasteiger partial charge in [-0.15, -0.1) is 0 Å². The number of piperidine rings is 1. The second kappa shape index (κ2) is 6.32. The number of fused-ring (bicyclic) bond motifs is 1. The number of nitrogens with zero attached hydrogens (tertiary/aromatic N) is 1. The normalized spacial score (nSPS) is 18.6. The molecule has 0 aliphatic carbocycles. The molecule has 22 heavy (non-hydrogen) atoms. The Hall–Kier alpha value is -2.14. The Morgan fingerprint density at radius 2 is 2.23 bits per heavy atom. The summed E-state index contributed by atoms with van der Waals surface area (Å²) < 4.78 is 5.65. The number of benzene rings is 1. The largest absolute Gasteiger partial charge is 0.377 e. The predicted molar refractivity (Wildman–Crippen MR) is 85.1 cm³/mol. The van der Waals surface area contributed by atoms with E-state index >= 15 is 0 Å². The van der Waals surface area contributed by atoms with Gasteiger partial charge in [0.15, 0.2) is 0 Å². The monoisotopic (exact) mass is 300 g/mol. The molecule has 0 spiro atoms. The van der Waals surface area contributed by atoms with Gasteiger partial charge in [0.2, 0.25) is 5.56 Å². The zero-order valence-electron chi connectivity index (χ0n) is 12.7. The third-order valence-electron chi connectivity index (χ3n) is 4.05. The molecular formula is C17H20N2O3. The van der Waals surface area contributed by atoms with E-state index in [1.807, 2.05) is 31.2 Å². The molecule has 1 atom stereocenters. The Morgan fingerprint density at radius 1 is 1.41 bits per heavy atom. The van der Waals surface area contributed by atoms with Crippen LogP contribution in [0.25, 0.3) is 10.9 Å². The van der Waals surface area contributed by atoms with Gasteiger partial charge in [-0.1, -0.05) is 18.2 Å². The summed E-state index contributed by atoms with van der Waals surface area (Å²) in [5, 5.41) is 0.783. The van der Waals surface area contributed by atoms with Gasteiger partial charge in [-0.2, -0.15) is 0 Å². The first-order chi connectivity index (χ1) is 10.7. The fourth-order valence-corrected chi connectivity index (χ4v) is 3.05. The number of hydrogen-bond acceptors (Lipinski definition) is 3. The van der Waals surface area contributed by atoms with E-state index in [1.54, 1.807) is 4.90 Å². The summed E-state index contributed by atoms with van der Waals surface area (Å²) in [4.78, 5) is 29.2. The van der Waals surface area contributed by atoms with Crippen LogP contribution in [0.3, 0.4) is 0 Å². The van der Waals surface area contributed by atoms with Gasteiger partial charge in [-0.05, 0) is 25.8 Å². The van der Waals surface area contributed by atoms with Crippen molar-refractivity contribution in [1.29, 1.82) is 0 Å². The van der Waals surface area contributed by atoms with Crippen molar-refractivity contribution in [2.45, 2.75) is 25.9 Å². The number of likely N-dealkylation sites (tertiary alicyclic amines) is 1. The van der Waals surface area contributed by atoms with Crippen LogP contribution in [0.2, 0.25) is 0 Å². The lowest BCUT2D eigenvalue weighted by Gasteiger charge is -2.32. The molecule has 5 nitrogen and oxygen atoms in total. The van der Waals surface area contributed by atoms with Crippen LogP contribution in [-0.2, 0) is 4.74 Å². The first-order valence-electron chi connectivity index (χ1n) is 7.72. The van der Waals surface area contributed by atoms with Crippen molar-refractivity contribution < 1.29 is 9.53 Å². The average molecular weight is 300 g/mol. The zero-order chi connectivity index (χ0) is 15.5. The number of amides is 1. The standard InChI is InChI=1S/C17H20N2O3/c1-2-22-12-6-5-9-19(11-12)17(21)14-10-16(20)18-15-8-4-3-7-13(14)15/h3-4,7-8,10,12H,2,5-6,9,11H2,1H3,(H,18,20). The highest BCUT2D eigenvalue weighted by molar-refractivity contribution is 6.05. The minimum Gasteiger partial charge on any atom is -0.377 e. The smallest absolute Gasteiger partial charge is 0.254 e. The van der Waals surface area contributed by atoms with Crippen molar-refractivity contribution in [2.24, 2.45) is 0 Å². The van der Waals surface area contributed by atoms with Gasteiger partial charge >= 0.3 is 0 Å². The Morgan fingerprint density at radius 3 is 3.05 bits per heavy atom. The van der Waals surface area contributed by atoms with Crippen LogP contribution < -0.4 is 5.56 Å². The summed E-state index contributed by atoms with van der Waals surface area (Å²) >= 11 is 0. The van der Waals surface area contributed by atoms with Crippen LogP contribution in [0.15, 0.2) is 35.1 Å². The molecule has 1 fully saturated rings. The molecule has 2 heterocycles. The van der Waals surface area contributed by atoms with Crippen molar-refractivity contribution in [1.82, 2.24) is 9.88 Å². The summed E-state index contributed by atoms with van der Waals surface area (Å²) in [5.41, 5.74) is 0.911. The molecule has 1 aromatic heterocycles. The van der Waals surface area contributed by atoms with E-state index in [0.717, 1.165) is 18.2 Å². The summed E-state index contributed by atoms with van der Waals surface area (Å²) in [7, 11) is 0. The minimum absolute atomic E-state index is 0.0910. The van der Waals surface area contributed by atoms with Gasteiger partial charge < -0.3 is 14.6 Å². The van der Waals surface area contributed by atoms with E-state index in [2.05, 4.69) is 4.98 Å². The lowest BCUT2D eigenvalue weighted by Crippen LogP contribution is -2.43. The number of carbonyl (C=O) groups excluding carboxylic acids is 1. The van der Waals surface area contributed by atoms with Crippen LogP contribution in [0.5, 0.6) is 0 Å². The van der Waals surface area contributed by atoms with Gasteiger partial charge in [0.05, 0.1) is 11.7 Å². The molecular weight excluding hydrogens is 280 g/mol. The van der Waals surface area contributed by atoms with Crippen LogP contribution in [-0.4, -0.2) is 41.6 Å². The molecule has 1 aliphatic rings. The van der Waals surface area contributed by atoms with Gasteiger partial charge in [-0.3, -0.25) is 9.59 Å². The SMILES string of the molecule is CCOC1CCCN(C(=O)c2cc(=O)[nH]c3ccccc23)C1. The quantitative estimate of drug-likeness (QED) is 0.945. The molecule has 1 unspecified atom stereocenters. The van der Waals surface area contributed by atoms with E-state index < -0.39 is 0 Å². The number of H-pyrrole nitrogens is 1. The van der Waals surface area contributed by atoms with Crippen LogP contribution in [0.4, 0.5) is 0 Å². The van der Waals surface area contributed by atoms with E-state index in [1.165, 1.54) is 6.07 Å². The molecule has 1 aliphatic heterocycles. The fourth-order valence-electron chi connectivity index (χ4n) is 3.05. The third kappa shape index (κ3) is 2.90. The van der Waals surface area contributed by atoms with Gasteiger partial charge in [0, 0.05) is 36.7 Å². The number of ether oxygens (including phenoxy) is 1. The Kier molecular flexibility index (Phi) is 4.24. The van der Waals surface area contributed by atoms with Crippen molar-refractivity contribution in [3.05, 3.63) is 46.2 Å². The van der Waals surface area contributed by atoms with E-state index in [-0.39, 0.29) is 17.6 Å². The molecule has 2 aromatic rings. The van der Waals surface area contributed by atoms with Gasteiger partial charge in [0.25, 0.3) is 5.91 Å². The average Bonchev–Trinajstić information content (AvgIpc) is 2.54. The number of hydrogen-bond donors (Lipinski definition) is 1. The van der Waals surface area contributed by atoms with E-state index in [4.69, 9.17) is 4.74 Å². The maximum atomic E-state index is 12.8. The topological polar surface area (TPSA) is 62.4 Å². The van der Waals surface area contributed by atoms with E-state index in [0.29, 0.717) is 30.8 Å². The van der Waals surface area contributed by atoms with Crippen LogP contribution in [0.1, 0.15) is 30.1 Å². The number of aromatic nitrogens is 1. The van der Waals surface area contributed by atoms with Gasteiger partial charge in [0.1, 0.15) is 0 Å². The lowest BCUT2D eigenvalue weighted by molar-refractivity contribution is 0.00731. The van der Waals surface area contributed by atoms with Crippen molar-refractivity contribution >= 4 is 16.8 Å². The third-order valence-corrected chi connectivity index (χ3v) is 4.05. The molecule has 1 amide bonds. The molecule has 1 N–H and O–H groups in total. The minimum atomic E-state index is -0.250. The summed E-state index contributed by atoms with van der Waals surface area (Å²) in [6.07, 6.45) is 2.00. The summed E-state index contributed by atoms with van der Waals surface area (Å²) in [6.45, 7) is 3.92. The Bertz CT molecular complexity index is 736. The molecule has 3 rings (SSSR count). The summed E-state index contributed by atoms with van der Waals surface area (Å²) in [6, 6.07) is 8.79. The Labute approximate surface area is 128 Å². The zero-order valence-corrected chi connectivity index (χ0v) is 12.7. The van der Waals surface area contributed by atoms with Crippen LogP contribution in [0, 0.1) is 0 Å². The second-order valence-electron chi connectivity index (χ2n) is 5.56. The number of aromatic amines is 1.